The molecule has 2 rings (SSSR count). The molecule has 2 N–H and O–H groups in total. The zero-order valence-corrected chi connectivity index (χ0v) is 11.5. The first-order chi connectivity index (χ1) is 10.4. The van der Waals surface area contributed by atoms with E-state index >= 15 is 0 Å². The molecule has 0 saturated carbocycles. The summed E-state index contributed by atoms with van der Waals surface area (Å²) >= 11 is 0. The lowest BCUT2D eigenvalue weighted by Gasteiger charge is -2.17. The van der Waals surface area contributed by atoms with Crippen LogP contribution in [-0.2, 0) is 14.4 Å². The van der Waals surface area contributed by atoms with Gasteiger partial charge in [-0.25, -0.2) is 8.78 Å². The van der Waals surface area contributed by atoms with Crippen LogP contribution < -0.4 is 10.2 Å². The van der Waals surface area contributed by atoms with E-state index < -0.39 is 35.3 Å². The van der Waals surface area contributed by atoms with Crippen molar-refractivity contribution in [2.45, 2.75) is 12.8 Å². The Bertz CT molecular complexity index is 601. The number of amides is 2. The van der Waals surface area contributed by atoms with Gasteiger partial charge in [-0.2, -0.15) is 0 Å². The minimum atomic E-state index is -1.06. The summed E-state index contributed by atoms with van der Waals surface area (Å²) in [5, 5.41) is 10.9. The fraction of sp³-hybridized carbons (Fsp3) is 0.357. The van der Waals surface area contributed by atoms with Crippen molar-refractivity contribution in [2.75, 3.05) is 18.0 Å². The second kappa shape index (κ2) is 6.50. The van der Waals surface area contributed by atoms with Gasteiger partial charge in [-0.05, 0) is 18.6 Å². The lowest BCUT2D eigenvalue weighted by atomic mass is 10.1. The SMILES string of the molecule is O=C(O)CCNC(=O)[C@H]1CCN(c2cc(F)cc(F)c2)C1=O. The van der Waals surface area contributed by atoms with Crippen LogP contribution >= 0.6 is 0 Å². The molecule has 0 unspecified atom stereocenters. The maximum Gasteiger partial charge on any atom is 0.305 e. The predicted octanol–water partition coefficient (Wildman–Crippen LogP) is 0.909. The molecule has 118 valence electrons. The highest BCUT2D eigenvalue weighted by atomic mass is 19.1. The fourth-order valence-electron chi connectivity index (χ4n) is 2.29. The standard InChI is InChI=1S/C14H14F2N2O4/c15-8-5-9(16)7-10(6-8)18-4-2-11(14(18)22)13(21)17-3-1-12(19)20/h5-7,11H,1-4H2,(H,17,21)(H,19,20)/t11-/m1/s1. The Balaban J connectivity index is 2.03. The first-order valence-electron chi connectivity index (χ1n) is 6.65. The quantitative estimate of drug-likeness (QED) is 0.791. The summed E-state index contributed by atoms with van der Waals surface area (Å²) in [6.07, 6.45) is -0.0403. The molecular formula is C14H14F2N2O4. The zero-order chi connectivity index (χ0) is 16.3. The molecule has 1 heterocycles. The van der Waals surface area contributed by atoms with Gasteiger partial charge in [-0.3, -0.25) is 14.4 Å². The van der Waals surface area contributed by atoms with E-state index in [-0.39, 0.29) is 31.6 Å². The Kier molecular flexibility index (Phi) is 4.69. The van der Waals surface area contributed by atoms with Crippen molar-refractivity contribution in [1.82, 2.24) is 5.32 Å². The number of anilines is 1. The third-order valence-corrected chi connectivity index (χ3v) is 3.32. The second-order valence-electron chi connectivity index (χ2n) is 4.89. The van der Waals surface area contributed by atoms with Gasteiger partial charge in [0.1, 0.15) is 17.6 Å². The molecular weight excluding hydrogens is 298 g/mol. The summed E-state index contributed by atoms with van der Waals surface area (Å²) in [5.41, 5.74) is 0.0586. The summed E-state index contributed by atoms with van der Waals surface area (Å²) in [6, 6.07) is 2.73. The van der Waals surface area contributed by atoms with E-state index in [1.807, 2.05) is 0 Å². The summed E-state index contributed by atoms with van der Waals surface area (Å²) < 4.78 is 26.4. The van der Waals surface area contributed by atoms with Crippen molar-refractivity contribution in [3.8, 4) is 0 Å². The lowest BCUT2D eigenvalue weighted by molar-refractivity contribution is -0.137. The van der Waals surface area contributed by atoms with Crippen LogP contribution in [0.5, 0.6) is 0 Å². The van der Waals surface area contributed by atoms with E-state index in [0.29, 0.717) is 6.07 Å². The molecule has 1 aliphatic rings. The molecule has 1 aliphatic heterocycles. The van der Waals surface area contributed by atoms with Crippen LogP contribution in [0.15, 0.2) is 18.2 Å². The molecule has 1 fully saturated rings. The van der Waals surface area contributed by atoms with E-state index in [2.05, 4.69) is 5.32 Å². The normalized spacial score (nSPS) is 17.6. The van der Waals surface area contributed by atoms with Crippen LogP contribution in [0, 0.1) is 17.6 Å². The number of hydrogen-bond donors (Lipinski definition) is 2. The number of nitrogens with one attached hydrogen (secondary N) is 1. The lowest BCUT2D eigenvalue weighted by Crippen LogP contribution is -2.37. The average molecular weight is 312 g/mol. The highest BCUT2D eigenvalue weighted by Crippen LogP contribution is 2.26. The molecule has 2 amide bonds. The molecule has 0 bridgehead atoms. The molecule has 1 aromatic rings. The van der Waals surface area contributed by atoms with Gasteiger partial charge in [0.25, 0.3) is 0 Å². The Hall–Kier alpha value is -2.51. The largest absolute Gasteiger partial charge is 0.481 e. The molecule has 6 nitrogen and oxygen atoms in total. The second-order valence-corrected chi connectivity index (χ2v) is 4.89. The number of rotatable bonds is 5. The van der Waals surface area contributed by atoms with Gasteiger partial charge < -0.3 is 15.3 Å². The van der Waals surface area contributed by atoms with Crippen molar-refractivity contribution in [3.63, 3.8) is 0 Å². The van der Waals surface area contributed by atoms with Crippen LogP contribution in [0.4, 0.5) is 14.5 Å². The Morgan fingerprint density at radius 1 is 1.27 bits per heavy atom. The molecule has 1 saturated heterocycles. The van der Waals surface area contributed by atoms with E-state index in [0.717, 1.165) is 17.0 Å². The fourth-order valence-corrected chi connectivity index (χ4v) is 2.29. The molecule has 1 aromatic carbocycles. The van der Waals surface area contributed by atoms with Crippen LogP contribution in [0.2, 0.25) is 0 Å². The van der Waals surface area contributed by atoms with Gasteiger partial charge in [0.15, 0.2) is 0 Å². The number of benzene rings is 1. The molecule has 0 aromatic heterocycles. The maximum absolute atomic E-state index is 13.2. The van der Waals surface area contributed by atoms with Crippen LogP contribution in [0.3, 0.4) is 0 Å². The van der Waals surface area contributed by atoms with Gasteiger partial charge in [0, 0.05) is 24.8 Å². The van der Waals surface area contributed by atoms with E-state index in [4.69, 9.17) is 5.11 Å². The number of aliphatic carboxylic acids is 1. The average Bonchev–Trinajstić information content (AvgIpc) is 2.79. The Morgan fingerprint density at radius 2 is 1.91 bits per heavy atom. The predicted molar refractivity (Wildman–Crippen MR) is 72.1 cm³/mol. The van der Waals surface area contributed by atoms with E-state index in [1.54, 1.807) is 0 Å². The minimum absolute atomic E-state index is 0.0586. The van der Waals surface area contributed by atoms with Gasteiger partial charge >= 0.3 is 5.97 Å². The minimum Gasteiger partial charge on any atom is -0.481 e. The van der Waals surface area contributed by atoms with Crippen LogP contribution in [0.25, 0.3) is 0 Å². The Labute approximate surface area is 124 Å². The highest BCUT2D eigenvalue weighted by molar-refractivity contribution is 6.09. The monoisotopic (exact) mass is 312 g/mol. The summed E-state index contributed by atoms with van der Waals surface area (Å²) in [7, 11) is 0. The molecule has 22 heavy (non-hydrogen) atoms. The summed E-state index contributed by atoms with van der Waals surface area (Å²) in [6.45, 7) is 0.0886. The highest BCUT2D eigenvalue weighted by Gasteiger charge is 2.37. The van der Waals surface area contributed by atoms with Gasteiger partial charge in [0.2, 0.25) is 11.8 Å². The molecule has 0 aliphatic carbocycles. The summed E-state index contributed by atoms with van der Waals surface area (Å²) in [5.74, 6) is -4.78. The third-order valence-electron chi connectivity index (χ3n) is 3.32. The van der Waals surface area contributed by atoms with Crippen molar-refractivity contribution >= 4 is 23.5 Å². The molecule has 8 heteroatoms. The van der Waals surface area contributed by atoms with Crippen molar-refractivity contribution < 1.29 is 28.3 Å². The van der Waals surface area contributed by atoms with Crippen molar-refractivity contribution in [1.29, 1.82) is 0 Å². The number of hydrogen-bond acceptors (Lipinski definition) is 3. The zero-order valence-electron chi connectivity index (χ0n) is 11.5. The van der Waals surface area contributed by atoms with Gasteiger partial charge in [-0.1, -0.05) is 0 Å². The van der Waals surface area contributed by atoms with E-state index in [9.17, 15) is 23.2 Å². The first-order valence-corrected chi connectivity index (χ1v) is 6.65. The topological polar surface area (TPSA) is 86.7 Å². The van der Waals surface area contributed by atoms with E-state index in [1.165, 1.54) is 0 Å². The molecule has 1 atom stereocenters. The van der Waals surface area contributed by atoms with Crippen LogP contribution in [0.1, 0.15) is 12.8 Å². The van der Waals surface area contributed by atoms with Crippen molar-refractivity contribution in [2.24, 2.45) is 5.92 Å². The number of carbonyl (C=O) groups is 3. The maximum atomic E-state index is 13.2. The molecule has 0 spiro atoms. The third kappa shape index (κ3) is 3.57. The molecule has 0 radical (unpaired) electrons. The number of carboxylic acid groups (broad SMARTS) is 1. The summed E-state index contributed by atoms with van der Waals surface area (Å²) in [4.78, 5) is 35.5. The number of carboxylic acids is 1. The number of carbonyl (C=O) groups excluding carboxylic acids is 2. The number of nitrogens with zero attached hydrogens (tertiary/aromatic N) is 1. The number of halogens is 2. The first kappa shape index (κ1) is 15.9. The smallest absolute Gasteiger partial charge is 0.305 e. The van der Waals surface area contributed by atoms with Gasteiger partial charge in [0.05, 0.1) is 6.42 Å². The van der Waals surface area contributed by atoms with Crippen LogP contribution in [-0.4, -0.2) is 36.0 Å². The Morgan fingerprint density at radius 3 is 2.50 bits per heavy atom. The van der Waals surface area contributed by atoms with Gasteiger partial charge in [-0.15, -0.1) is 0 Å². The van der Waals surface area contributed by atoms with Crippen molar-refractivity contribution in [3.05, 3.63) is 29.8 Å².